The van der Waals surface area contributed by atoms with Gasteiger partial charge >= 0.3 is 5.97 Å². The number of carbonyl (C=O) groups excluding carboxylic acids is 1. The van der Waals surface area contributed by atoms with E-state index in [4.69, 9.17) is 14.2 Å². The largest absolute Gasteiger partial charge is 0.494 e. The highest BCUT2D eigenvalue weighted by molar-refractivity contribution is 5.75. The average molecular weight is 428 g/mol. The lowest BCUT2D eigenvalue weighted by Crippen LogP contribution is -2.34. The second-order valence-corrected chi connectivity index (χ2v) is 8.02. The van der Waals surface area contributed by atoms with Crippen LogP contribution in [0.15, 0.2) is 54.6 Å². The molecule has 0 saturated heterocycles. The Morgan fingerprint density at radius 1 is 0.774 bits per heavy atom. The van der Waals surface area contributed by atoms with E-state index in [2.05, 4.69) is 12.1 Å². The Balaban J connectivity index is 1.45. The summed E-state index contributed by atoms with van der Waals surface area (Å²) in [6, 6.07) is 17.8. The van der Waals surface area contributed by atoms with Crippen molar-refractivity contribution in [2.45, 2.75) is 58.1 Å². The van der Waals surface area contributed by atoms with Crippen molar-refractivity contribution in [2.75, 3.05) is 27.3 Å². The molecule has 1 unspecified atom stereocenters. The molecule has 0 radical (unpaired) electrons. The summed E-state index contributed by atoms with van der Waals surface area (Å²) in [6.07, 6.45) is 6.55. The molecule has 170 valence electrons. The Kier molecular flexibility index (Phi) is 11.5. The van der Waals surface area contributed by atoms with Gasteiger partial charge in [0.05, 0.1) is 13.2 Å². The van der Waals surface area contributed by atoms with Crippen LogP contribution < -0.4 is 9.47 Å². The van der Waals surface area contributed by atoms with Crippen molar-refractivity contribution in [3.05, 3.63) is 60.2 Å². The highest BCUT2D eigenvalue weighted by atomic mass is 16.5. The van der Waals surface area contributed by atoms with Gasteiger partial charge in [0, 0.05) is 0 Å². The number of likely N-dealkylation sites (N-methyl/N-ethyl adjacent to an activating group) is 1. The number of rotatable bonds is 15. The fraction of sp³-hybridized carbons (Fsp3) is 0.500. The van der Waals surface area contributed by atoms with Gasteiger partial charge in [-0.2, -0.15) is 0 Å². The Labute approximate surface area is 187 Å². The van der Waals surface area contributed by atoms with Gasteiger partial charge in [-0.1, -0.05) is 56.0 Å². The summed E-state index contributed by atoms with van der Waals surface area (Å²) in [7, 11) is 3.76. The molecule has 2 rings (SSSR count). The third-order valence-corrected chi connectivity index (χ3v) is 5.24. The standard InChI is InChI=1S/C26H37NO4/c1-22(27(2)3)26(28)30-20-12-7-5-4-6-11-19-29-24-15-17-25(18-16-24)31-21-23-13-9-8-10-14-23/h8-10,13-18,22H,4-7,11-12,19-21H2,1-3H3. The van der Waals surface area contributed by atoms with E-state index in [-0.39, 0.29) is 12.0 Å². The zero-order valence-corrected chi connectivity index (χ0v) is 19.2. The summed E-state index contributed by atoms with van der Waals surface area (Å²) in [5.41, 5.74) is 1.16. The van der Waals surface area contributed by atoms with Crippen LogP contribution in [0.2, 0.25) is 0 Å². The predicted molar refractivity (Wildman–Crippen MR) is 125 cm³/mol. The van der Waals surface area contributed by atoms with Crippen molar-refractivity contribution in [2.24, 2.45) is 0 Å². The molecule has 0 spiro atoms. The zero-order valence-electron chi connectivity index (χ0n) is 19.2. The number of hydrogen-bond donors (Lipinski definition) is 0. The van der Waals surface area contributed by atoms with Crippen molar-refractivity contribution in [1.29, 1.82) is 0 Å². The molecule has 0 aliphatic heterocycles. The first-order valence-corrected chi connectivity index (χ1v) is 11.3. The van der Waals surface area contributed by atoms with Crippen LogP contribution in [0.3, 0.4) is 0 Å². The highest BCUT2D eigenvalue weighted by Gasteiger charge is 2.15. The van der Waals surface area contributed by atoms with Crippen LogP contribution in [-0.4, -0.2) is 44.2 Å². The van der Waals surface area contributed by atoms with Gasteiger partial charge in [-0.05, 0) is 63.7 Å². The number of nitrogens with zero attached hydrogens (tertiary/aromatic N) is 1. The van der Waals surface area contributed by atoms with Gasteiger partial charge in [0.15, 0.2) is 0 Å². The van der Waals surface area contributed by atoms with Crippen LogP contribution in [0.25, 0.3) is 0 Å². The van der Waals surface area contributed by atoms with Gasteiger partial charge in [0.2, 0.25) is 0 Å². The molecule has 2 aromatic carbocycles. The number of esters is 1. The molecule has 0 amide bonds. The fourth-order valence-corrected chi connectivity index (χ4v) is 2.98. The molecule has 0 aromatic heterocycles. The lowest BCUT2D eigenvalue weighted by atomic mass is 10.1. The normalized spacial score (nSPS) is 11.9. The van der Waals surface area contributed by atoms with Crippen LogP contribution in [0, 0.1) is 0 Å². The summed E-state index contributed by atoms with van der Waals surface area (Å²) in [4.78, 5) is 13.6. The van der Waals surface area contributed by atoms with Crippen LogP contribution >= 0.6 is 0 Å². The molecule has 31 heavy (non-hydrogen) atoms. The smallest absolute Gasteiger partial charge is 0.323 e. The second-order valence-electron chi connectivity index (χ2n) is 8.02. The van der Waals surface area contributed by atoms with Crippen molar-refractivity contribution in [3.63, 3.8) is 0 Å². The first-order chi connectivity index (χ1) is 15.1. The maximum atomic E-state index is 11.7. The van der Waals surface area contributed by atoms with Crippen molar-refractivity contribution in [1.82, 2.24) is 4.90 Å². The lowest BCUT2D eigenvalue weighted by molar-refractivity contribution is -0.148. The van der Waals surface area contributed by atoms with Crippen LogP contribution in [0.5, 0.6) is 11.5 Å². The lowest BCUT2D eigenvalue weighted by Gasteiger charge is -2.17. The van der Waals surface area contributed by atoms with Crippen molar-refractivity contribution >= 4 is 5.97 Å². The van der Waals surface area contributed by atoms with E-state index in [1.54, 1.807) is 0 Å². The monoisotopic (exact) mass is 427 g/mol. The summed E-state index contributed by atoms with van der Waals surface area (Å²) in [5, 5.41) is 0. The van der Waals surface area contributed by atoms with E-state index in [0.29, 0.717) is 13.2 Å². The molecule has 0 fully saturated rings. The van der Waals surface area contributed by atoms with E-state index >= 15 is 0 Å². The minimum Gasteiger partial charge on any atom is -0.494 e. The first-order valence-electron chi connectivity index (χ1n) is 11.3. The molecular weight excluding hydrogens is 390 g/mol. The third kappa shape index (κ3) is 10.4. The van der Waals surface area contributed by atoms with E-state index in [1.807, 2.05) is 68.4 Å². The minimum absolute atomic E-state index is 0.141. The number of unbranched alkanes of at least 4 members (excludes halogenated alkanes) is 5. The van der Waals surface area contributed by atoms with Gasteiger partial charge in [-0.15, -0.1) is 0 Å². The SMILES string of the molecule is CC(C(=O)OCCCCCCCCOc1ccc(OCc2ccccc2)cc1)N(C)C. The molecule has 0 aliphatic carbocycles. The van der Waals surface area contributed by atoms with E-state index in [1.165, 1.54) is 6.42 Å². The van der Waals surface area contributed by atoms with E-state index in [0.717, 1.165) is 55.8 Å². The van der Waals surface area contributed by atoms with Crippen molar-refractivity contribution < 1.29 is 19.0 Å². The quantitative estimate of drug-likeness (QED) is 0.278. The van der Waals surface area contributed by atoms with Gasteiger partial charge in [-0.25, -0.2) is 0 Å². The minimum atomic E-state index is -0.182. The van der Waals surface area contributed by atoms with Crippen LogP contribution in [0.4, 0.5) is 0 Å². The number of hydrogen-bond acceptors (Lipinski definition) is 5. The molecule has 0 heterocycles. The van der Waals surface area contributed by atoms with E-state index in [9.17, 15) is 4.79 Å². The third-order valence-electron chi connectivity index (χ3n) is 5.24. The molecule has 5 nitrogen and oxygen atoms in total. The average Bonchev–Trinajstić information content (AvgIpc) is 2.79. The van der Waals surface area contributed by atoms with Gasteiger partial charge in [-0.3, -0.25) is 9.69 Å². The molecule has 1 atom stereocenters. The molecule has 5 heteroatoms. The Morgan fingerprint density at radius 2 is 1.32 bits per heavy atom. The van der Waals surface area contributed by atoms with Crippen LogP contribution in [-0.2, 0) is 16.1 Å². The summed E-state index contributed by atoms with van der Waals surface area (Å²) in [6.45, 7) is 3.67. The van der Waals surface area contributed by atoms with Gasteiger partial charge < -0.3 is 14.2 Å². The van der Waals surface area contributed by atoms with Gasteiger partial charge in [0.1, 0.15) is 24.1 Å². The maximum Gasteiger partial charge on any atom is 0.323 e. The highest BCUT2D eigenvalue weighted by Crippen LogP contribution is 2.19. The second kappa shape index (κ2) is 14.5. The molecule has 0 bridgehead atoms. The van der Waals surface area contributed by atoms with Crippen LogP contribution in [0.1, 0.15) is 51.0 Å². The summed E-state index contributed by atoms with van der Waals surface area (Å²) < 4.78 is 16.9. The molecular formula is C26H37NO4. The first kappa shape index (κ1) is 24.7. The molecule has 0 saturated carbocycles. The summed E-state index contributed by atoms with van der Waals surface area (Å²) >= 11 is 0. The van der Waals surface area contributed by atoms with Crippen molar-refractivity contribution in [3.8, 4) is 11.5 Å². The predicted octanol–water partition coefficient (Wildman–Crippen LogP) is 5.48. The molecule has 0 N–H and O–H groups in total. The maximum absolute atomic E-state index is 11.7. The number of carbonyl (C=O) groups is 1. The number of benzene rings is 2. The Hall–Kier alpha value is -2.53. The molecule has 2 aromatic rings. The topological polar surface area (TPSA) is 48.0 Å². The fourth-order valence-electron chi connectivity index (χ4n) is 2.98. The number of ether oxygens (including phenoxy) is 3. The Morgan fingerprint density at radius 3 is 1.94 bits per heavy atom. The Bertz CT molecular complexity index is 731. The zero-order chi connectivity index (χ0) is 22.3. The summed E-state index contributed by atoms with van der Waals surface area (Å²) in [5.74, 6) is 1.58. The molecule has 0 aliphatic rings. The van der Waals surface area contributed by atoms with Gasteiger partial charge in [0.25, 0.3) is 0 Å². The van der Waals surface area contributed by atoms with E-state index < -0.39 is 0 Å².